The summed E-state index contributed by atoms with van der Waals surface area (Å²) in [6.45, 7) is 1.83. The van der Waals surface area contributed by atoms with Gasteiger partial charge in [-0.25, -0.2) is 14.6 Å². The lowest BCUT2D eigenvalue weighted by Gasteiger charge is -2.15. The predicted octanol–water partition coefficient (Wildman–Crippen LogP) is 2.60. The molecule has 2 aromatic carbocycles. The van der Waals surface area contributed by atoms with Gasteiger partial charge in [0.1, 0.15) is 5.82 Å². The molecule has 3 aromatic rings. The number of benzene rings is 2. The number of nitrogens with two attached hydrogens (primary N) is 2. The second kappa shape index (κ2) is 9.03. The second-order valence-electron chi connectivity index (χ2n) is 6.14. The van der Waals surface area contributed by atoms with Crippen LogP contribution >= 0.6 is 0 Å². The van der Waals surface area contributed by atoms with Gasteiger partial charge < -0.3 is 30.4 Å². The molecule has 1 heterocycles. The van der Waals surface area contributed by atoms with Gasteiger partial charge >= 0.3 is 12.1 Å². The van der Waals surface area contributed by atoms with Crippen LogP contribution in [0.15, 0.2) is 30.3 Å². The molecular formula is C20H21N5O6. The van der Waals surface area contributed by atoms with Gasteiger partial charge in [0.15, 0.2) is 17.2 Å². The van der Waals surface area contributed by atoms with Crippen LogP contribution < -0.4 is 31.0 Å². The summed E-state index contributed by atoms with van der Waals surface area (Å²) in [4.78, 5) is 32.7. The number of anilines is 3. The zero-order chi connectivity index (χ0) is 22.5. The fourth-order valence-corrected chi connectivity index (χ4v) is 2.78. The molecular weight excluding hydrogens is 406 g/mol. The van der Waals surface area contributed by atoms with Crippen molar-refractivity contribution in [3.63, 3.8) is 0 Å². The molecule has 0 radical (unpaired) electrons. The Morgan fingerprint density at radius 1 is 1.00 bits per heavy atom. The number of esters is 1. The number of hydrogen-bond acceptors (Lipinski definition) is 10. The Kier molecular flexibility index (Phi) is 6.24. The number of aromatic nitrogens is 2. The highest BCUT2D eigenvalue weighted by Gasteiger charge is 2.19. The minimum atomic E-state index is -0.722. The van der Waals surface area contributed by atoms with Crippen molar-refractivity contribution in [3.8, 4) is 17.2 Å². The minimum absolute atomic E-state index is 0.0253. The molecule has 0 aliphatic rings. The molecule has 1 amide bonds. The minimum Gasteiger partial charge on any atom is -0.493 e. The maximum atomic E-state index is 12.8. The molecule has 0 saturated heterocycles. The lowest BCUT2D eigenvalue weighted by Crippen LogP contribution is -2.16. The molecule has 162 valence electrons. The molecule has 0 fully saturated rings. The number of amides is 1. The van der Waals surface area contributed by atoms with Crippen LogP contribution in [0, 0.1) is 0 Å². The summed E-state index contributed by atoms with van der Waals surface area (Å²) in [5.41, 5.74) is 12.3. The summed E-state index contributed by atoms with van der Waals surface area (Å²) in [6.07, 6.45) is -0.722. The van der Waals surface area contributed by atoms with Crippen molar-refractivity contribution in [2.24, 2.45) is 0 Å². The summed E-state index contributed by atoms with van der Waals surface area (Å²) in [5, 5.41) is 2.96. The first-order valence-corrected chi connectivity index (χ1v) is 9.11. The second-order valence-corrected chi connectivity index (χ2v) is 6.14. The normalized spacial score (nSPS) is 10.4. The molecule has 5 N–H and O–H groups in total. The van der Waals surface area contributed by atoms with Gasteiger partial charge in [-0.05, 0) is 25.1 Å². The van der Waals surface area contributed by atoms with E-state index in [9.17, 15) is 9.59 Å². The number of carbonyl (C=O) groups excluding carboxylic acids is 2. The van der Waals surface area contributed by atoms with Gasteiger partial charge in [0.2, 0.25) is 5.95 Å². The first kappa shape index (κ1) is 21.4. The molecule has 11 heteroatoms. The average molecular weight is 427 g/mol. The van der Waals surface area contributed by atoms with E-state index in [0.717, 1.165) is 0 Å². The third-order valence-electron chi connectivity index (χ3n) is 4.18. The number of nitrogens with one attached hydrogen (secondary N) is 1. The van der Waals surface area contributed by atoms with Gasteiger partial charge in [-0.2, -0.15) is 4.98 Å². The fraction of sp³-hybridized carbons (Fsp3) is 0.200. The SMILES string of the molecule is CCOC(=O)Nc1cc(OC)c(OC)cc1OC(=O)c1ccc2nc(N)nc(N)c2c1. The lowest BCUT2D eigenvalue weighted by molar-refractivity contribution is 0.0735. The Hall–Kier alpha value is -4.28. The maximum Gasteiger partial charge on any atom is 0.411 e. The van der Waals surface area contributed by atoms with E-state index in [4.69, 9.17) is 30.4 Å². The standard InChI is InChI=1S/C20H21N5O6/c1-4-30-20(27)24-13-8-15(28-2)16(29-3)9-14(13)31-18(26)10-5-6-12-11(7-10)17(21)25-19(22)23-12/h5-9H,4H2,1-3H3,(H,24,27)(H4,21,22,23,25). The van der Waals surface area contributed by atoms with Gasteiger partial charge in [-0.3, -0.25) is 5.32 Å². The van der Waals surface area contributed by atoms with Crippen LogP contribution in [0.1, 0.15) is 17.3 Å². The van der Waals surface area contributed by atoms with Crippen molar-refractivity contribution in [3.05, 3.63) is 35.9 Å². The van der Waals surface area contributed by atoms with Crippen LogP contribution in [0.3, 0.4) is 0 Å². The third-order valence-corrected chi connectivity index (χ3v) is 4.18. The largest absolute Gasteiger partial charge is 0.493 e. The van der Waals surface area contributed by atoms with Gasteiger partial charge in [-0.1, -0.05) is 0 Å². The molecule has 0 spiro atoms. The van der Waals surface area contributed by atoms with Crippen molar-refractivity contribution in [1.82, 2.24) is 9.97 Å². The zero-order valence-corrected chi connectivity index (χ0v) is 17.1. The van der Waals surface area contributed by atoms with Gasteiger partial charge in [0.25, 0.3) is 0 Å². The van der Waals surface area contributed by atoms with Crippen molar-refractivity contribution >= 4 is 40.4 Å². The Bertz CT molecular complexity index is 1150. The molecule has 31 heavy (non-hydrogen) atoms. The van der Waals surface area contributed by atoms with Gasteiger partial charge in [-0.15, -0.1) is 0 Å². The van der Waals surface area contributed by atoms with Crippen LogP contribution in [0.25, 0.3) is 10.9 Å². The Morgan fingerprint density at radius 3 is 2.39 bits per heavy atom. The average Bonchev–Trinajstić information content (AvgIpc) is 2.74. The topological polar surface area (TPSA) is 161 Å². The van der Waals surface area contributed by atoms with E-state index in [2.05, 4.69) is 15.3 Å². The van der Waals surface area contributed by atoms with Crippen LogP contribution in [0.5, 0.6) is 17.2 Å². The molecule has 11 nitrogen and oxygen atoms in total. The summed E-state index contributed by atoms with van der Waals surface area (Å²) in [7, 11) is 2.87. The van der Waals surface area contributed by atoms with E-state index >= 15 is 0 Å². The number of nitrogens with zero attached hydrogens (tertiary/aromatic N) is 2. The summed E-state index contributed by atoms with van der Waals surface area (Å²) < 4.78 is 20.9. The molecule has 0 aliphatic heterocycles. The monoisotopic (exact) mass is 427 g/mol. The van der Waals surface area contributed by atoms with Crippen LogP contribution in [-0.4, -0.2) is 42.9 Å². The Balaban J connectivity index is 1.97. The van der Waals surface area contributed by atoms with E-state index in [-0.39, 0.29) is 35.4 Å². The molecule has 3 rings (SSSR count). The number of fused-ring (bicyclic) bond motifs is 1. The van der Waals surface area contributed by atoms with E-state index in [1.54, 1.807) is 13.0 Å². The summed E-state index contributed by atoms with van der Waals surface area (Å²) in [6, 6.07) is 7.44. The van der Waals surface area contributed by atoms with Crippen molar-refractivity contribution in [2.45, 2.75) is 6.92 Å². The smallest absolute Gasteiger partial charge is 0.411 e. The van der Waals surface area contributed by atoms with Crippen molar-refractivity contribution in [1.29, 1.82) is 0 Å². The first-order valence-electron chi connectivity index (χ1n) is 9.11. The van der Waals surface area contributed by atoms with Gasteiger partial charge in [0, 0.05) is 17.5 Å². The summed E-state index contributed by atoms with van der Waals surface area (Å²) >= 11 is 0. The highest BCUT2D eigenvalue weighted by molar-refractivity contribution is 5.99. The van der Waals surface area contributed by atoms with Gasteiger partial charge in [0.05, 0.1) is 37.6 Å². The van der Waals surface area contributed by atoms with Crippen LogP contribution in [-0.2, 0) is 4.74 Å². The Labute approximate surface area is 177 Å². The molecule has 0 aliphatic carbocycles. The molecule has 1 aromatic heterocycles. The highest BCUT2D eigenvalue weighted by Crippen LogP contribution is 2.38. The Morgan fingerprint density at radius 2 is 1.71 bits per heavy atom. The van der Waals surface area contributed by atoms with Crippen LogP contribution in [0.2, 0.25) is 0 Å². The van der Waals surface area contributed by atoms with Crippen molar-refractivity contribution < 1.29 is 28.5 Å². The number of hydrogen-bond donors (Lipinski definition) is 3. The van der Waals surface area contributed by atoms with E-state index in [1.807, 2.05) is 0 Å². The lowest BCUT2D eigenvalue weighted by atomic mass is 10.1. The number of ether oxygens (including phenoxy) is 4. The number of carbonyl (C=O) groups is 2. The molecule has 0 unspecified atom stereocenters. The molecule has 0 saturated carbocycles. The van der Waals surface area contributed by atoms with Crippen molar-refractivity contribution in [2.75, 3.05) is 37.6 Å². The van der Waals surface area contributed by atoms with E-state index in [0.29, 0.717) is 22.4 Å². The van der Waals surface area contributed by atoms with E-state index in [1.165, 1.54) is 38.5 Å². The third kappa shape index (κ3) is 4.66. The number of rotatable bonds is 6. The molecule has 0 atom stereocenters. The summed E-state index contributed by atoms with van der Waals surface area (Å²) in [5.74, 6) is 0.0940. The maximum absolute atomic E-state index is 12.8. The number of nitrogen functional groups attached to an aromatic ring is 2. The highest BCUT2D eigenvalue weighted by atomic mass is 16.6. The zero-order valence-electron chi connectivity index (χ0n) is 17.1. The predicted molar refractivity (Wildman–Crippen MR) is 114 cm³/mol. The number of methoxy groups -OCH3 is 2. The van der Waals surface area contributed by atoms with E-state index < -0.39 is 12.1 Å². The van der Waals surface area contributed by atoms with Crippen LogP contribution in [0.4, 0.5) is 22.2 Å². The quantitative estimate of drug-likeness (QED) is 0.394. The first-order chi connectivity index (χ1) is 14.9. The molecule has 0 bridgehead atoms. The fourth-order valence-electron chi connectivity index (χ4n) is 2.78.